The molecular formula is C24H29FN8O2. The van der Waals surface area contributed by atoms with Crippen molar-refractivity contribution in [3.8, 4) is 12.1 Å². The maximum atomic E-state index is 12.1. The average molecular weight is 481 g/mol. The summed E-state index contributed by atoms with van der Waals surface area (Å²) in [6.07, 6.45) is 2.72. The molecule has 1 N–H and O–H groups in total. The molecule has 4 rings (SSSR count). The number of pyridine rings is 2. The Morgan fingerprint density at radius 1 is 0.829 bits per heavy atom. The van der Waals surface area contributed by atoms with Crippen LogP contribution in [-0.2, 0) is 9.59 Å². The number of nitrogens with zero attached hydrogens (tertiary/aromatic N) is 7. The first-order valence-corrected chi connectivity index (χ1v) is 11.2. The third-order valence-corrected chi connectivity index (χ3v) is 5.36. The Labute approximate surface area is 204 Å². The lowest BCUT2D eigenvalue weighted by atomic mass is 10.2. The summed E-state index contributed by atoms with van der Waals surface area (Å²) in [5.41, 5.74) is 1.67. The summed E-state index contributed by atoms with van der Waals surface area (Å²) in [5.74, 6) is -0.104. The van der Waals surface area contributed by atoms with Gasteiger partial charge in [-0.25, -0.2) is 14.4 Å². The predicted octanol–water partition coefficient (Wildman–Crippen LogP) is 1.15. The highest BCUT2D eigenvalue weighted by Gasteiger charge is 2.18. The van der Waals surface area contributed by atoms with Crippen LogP contribution in [-0.4, -0.2) is 83.9 Å². The summed E-state index contributed by atoms with van der Waals surface area (Å²) in [6, 6.07) is 9.91. The highest BCUT2D eigenvalue weighted by Crippen LogP contribution is 2.15. The van der Waals surface area contributed by atoms with Gasteiger partial charge in [0.05, 0.1) is 18.1 Å². The quantitative estimate of drug-likeness (QED) is 0.644. The minimum atomic E-state index is -0.422. The third kappa shape index (κ3) is 9.35. The van der Waals surface area contributed by atoms with E-state index in [-0.39, 0.29) is 17.5 Å². The number of piperazine rings is 2. The van der Waals surface area contributed by atoms with E-state index in [1.54, 1.807) is 32.2 Å². The lowest BCUT2D eigenvalue weighted by molar-refractivity contribution is -0.130. The predicted molar refractivity (Wildman–Crippen MR) is 127 cm³/mol. The number of carbonyl (C=O) groups is 2. The number of nitriles is 2. The van der Waals surface area contributed by atoms with E-state index in [1.807, 2.05) is 21.9 Å². The number of hydrogen-bond donors (Lipinski definition) is 1. The number of rotatable bonds is 1. The third-order valence-electron chi connectivity index (χ3n) is 5.36. The number of anilines is 1. The van der Waals surface area contributed by atoms with Crippen molar-refractivity contribution in [2.24, 2.45) is 0 Å². The van der Waals surface area contributed by atoms with Crippen molar-refractivity contribution >= 4 is 17.5 Å². The van der Waals surface area contributed by atoms with Gasteiger partial charge in [0.25, 0.3) is 0 Å². The van der Waals surface area contributed by atoms with Gasteiger partial charge >= 0.3 is 0 Å². The van der Waals surface area contributed by atoms with E-state index < -0.39 is 5.82 Å². The second-order valence-electron chi connectivity index (χ2n) is 7.74. The summed E-state index contributed by atoms with van der Waals surface area (Å²) in [4.78, 5) is 35.3. The van der Waals surface area contributed by atoms with Crippen LogP contribution in [0.5, 0.6) is 0 Å². The van der Waals surface area contributed by atoms with Gasteiger partial charge in [-0.3, -0.25) is 9.59 Å². The van der Waals surface area contributed by atoms with Gasteiger partial charge in [-0.2, -0.15) is 10.5 Å². The Hall–Kier alpha value is -4.09. The van der Waals surface area contributed by atoms with E-state index in [4.69, 9.17) is 10.5 Å². The number of amides is 2. The highest BCUT2D eigenvalue weighted by molar-refractivity contribution is 5.73. The zero-order chi connectivity index (χ0) is 25.6. The molecule has 2 aromatic heterocycles. The van der Waals surface area contributed by atoms with Gasteiger partial charge in [-0.15, -0.1) is 0 Å². The lowest BCUT2D eigenvalue weighted by Crippen LogP contribution is -2.48. The Kier molecular flexibility index (Phi) is 11.0. The molecule has 0 bridgehead atoms. The van der Waals surface area contributed by atoms with E-state index in [9.17, 15) is 14.0 Å². The first kappa shape index (κ1) is 27.2. The molecule has 2 aliphatic rings. The molecule has 2 saturated heterocycles. The Balaban J connectivity index is 0.000000203. The SMILES string of the molecule is CC(=O)N1CCN(c2ccc(C#N)nc2)CC1.CC(=O)N1CCNCC1.N#Cc1ccc(F)cn1. The first-order chi connectivity index (χ1) is 16.8. The van der Waals surface area contributed by atoms with E-state index in [2.05, 4.69) is 20.2 Å². The van der Waals surface area contributed by atoms with E-state index >= 15 is 0 Å². The van der Waals surface area contributed by atoms with Gasteiger partial charge < -0.3 is 20.0 Å². The molecule has 0 aliphatic carbocycles. The maximum Gasteiger partial charge on any atom is 0.219 e. The van der Waals surface area contributed by atoms with Crippen molar-refractivity contribution < 1.29 is 14.0 Å². The van der Waals surface area contributed by atoms with Crippen LogP contribution >= 0.6 is 0 Å². The Bertz CT molecular complexity index is 1030. The summed E-state index contributed by atoms with van der Waals surface area (Å²) in [7, 11) is 0. The van der Waals surface area contributed by atoms with Crippen LogP contribution in [0.4, 0.5) is 10.1 Å². The molecule has 0 aromatic carbocycles. The van der Waals surface area contributed by atoms with Crippen molar-refractivity contribution in [3.63, 3.8) is 0 Å². The summed E-state index contributed by atoms with van der Waals surface area (Å²) >= 11 is 0. The van der Waals surface area contributed by atoms with E-state index in [0.717, 1.165) is 64.2 Å². The molecule has 2 fully saturated rings. The molecule has 11 heteroatoms. The van der Waals surface area contributed by atoms with Crippen molar-refractivity contribution in [2.45, 2.75) is 13.8 Å². The molecule has 0 saturated carbocycles. The maximum absolute atomic E-state index is 12.1. The van der Waals surface area contributed by atoms with Gasteiger partial charge in [0.2, 0.25) is 11.8 Å². The van der Waals surface area contributed by atoms with Crippen LogP contribution in [0.3, 0.4) is 0 Å². The molecule has 2 amide bonds. The second-order valence-corrected chi connectivity index (χ2v) is 7.74. The monoisotopic (exact) mass is 480 g/mol. The topological polar surface area (TPSA) is 129 Å². The molecule has 2 aliphatic heterocycles. The number of aromatic nitrogens is 2. The molecule has 4 heterocycles. The van der Waals surface area contributed by atoms with Crippen molar-refractivity contribution in [2.75, 3.05) is 57.3 Å². The lowest BCUT2D eigenvalue weighted by Gasteiger charge is -2.35. The van der Waals surface area contributed by atoms with Crippen LogP contribution in [0.1, 0.15) is 25.2 Å². The molecule has 35 heavy (non-hydrogen) atoms. The second kappa shape index (κ2) is 14.2. The fraction of sp³-hybridized carbons (Fsp3) is 0.417. The molecule has 10 nitrogen and oxygen atoms in total. The number of carbonyl (C=O) groups excluding carboxylic acids is 2. The van der Waals surface area contributed by atoms with Gasteiger partial charge in [0.1, 0.15) is 29.3 Å². The summed E-state index contributed by atoms with van der Waals surface area (Å²) in [5, 5.41) is 20.0. The standard InChI is InChI=1S/C12H14N4O.C6H3FN2.C6H12N2O/c1-10(17)15-4-6-16(7-5-15)12-3-2-11(8-13)14-9-12;7-5-1-2-6(3-8)9-4-5;1-6(9)8-4-2-7-3-5-8/h2-3,9H,4-7H2,1H3;1-2,4H;7H,2-5H2,1H3. The Morgan fingerprint density at radius 3 is 1.74 bits per heavy atom. The van der Waals surface area contributed by atoms with Gasteiger partial charge in [0.15, 0.2) is 0 Å². The van der Waals surface area contributed by atoms with Crippen molar-refractivity contribution in [1.82, 2.24) is 25.1 Å². The van der Waals surface area contributed by atoms with Gasteiger partial charge in [-0.1, -0.05) is 0 Å². The van der Waals surface area contributed by atoms with Crippen LogP contribution in [0.15, 0.2) is 36.7 Å². The van der Waals surface area contributed by atoms with E-state index in [1.165, 1.54) is 12.1 Å². The van der Waals surface area contributed by atoms with E-state index in [0.29, 0.717) is 5.69 Å². The molecule has 2 aromatic rings. The molecule has 0 spiro atoms. The van der Waals surface area contributed by atoms with Crippen molar-refractivity contribution in [1.29, 1.82) is 10.5 Å². The van der Waals surface area contributed by atoms with Crippen LogP contribution < -0.4 is 10.2 Å². The van der Waals surface area contributed by atoms with Gasteiger partial charge in [0, 0.05) is 66.2 Å². The average Bonchev–Trinajstić information content (AvgIpc) is 2.90. The fourth-order valence-corrected chi connectivity index (χ4v) is 3.34. The van der Waals surface area contributed by atoms with Crippen LogP contribution in [0, 0.1) is 28.5 Å². The molecule has 0 unspecified atom stereocenters. The highest BCUT2D eigenvalue weighted by atomic mass is 19.1. The molecule has 0 atom stereocenters. The molecular weight excluding hydrogens is 451 g/mol. The number of nitrogens with one attached hydrogen (secondary N) is 1. The summed E-state index contributed by atoms with van der Waals surface area (Å²) in [6.45, 7) is 9.96. The zero-order valence-electron chi connectivity index (χ0n) is 19.9. The van der Waals surface area contributed by atoms with Gasteiger partial charge in [-0.05, 0) is 24.3 Å². The number of halogens is 1. The fourth-order valence-electron chi connectivity index (χ4n) is 3.34. The molecule has 184 valence electrons. The first-order valence-electron chi connectivity index (χ1n) is 11.2. The Morgan fingerprint density at radius 2 is 1.34 bits per heavy atom. The normalized spacial score (nSPS) is 14.8. The molecule has 0 radical (unpaired) electrons. The van der Waals surface area contributed by atoms with Crippen LogP contribution in [0.2, 0.25) is 0 Å². The summed E-state index contributed by atoms with van der Waals surface area (Å²) < 4.78 is 12.1. The smallest absolute Gasteiger partial charge is 0.219 e. The minimum absolute atomic E-state index is 0.127. The van der Waals surface area contributed by atoms with Crippen molar-refractivity contribution in [3.05, 3.63) is 53.9 Å². The zero-order valence-corrected chi connectivity index (χ0v) is 19.9. The minimum Gasteiger partial charge on any atom is -0.367 e. The number of hydrogen-bond acceptors (Lipinski definition) is 8. The van der Waals surface area contributed by atoms with Crippen LogP contribution in [0.25, 0.3) is 0 Å². The largest absolute Gasteiger partial charge is 0.367 e.